The number of carbonyl (C=O) groups excluding carboxylic acids is 1. The maximum atomic E-state index is 14.8. The summed E-state index contributed by atoms with van der Waals surface area (Å²) in [6.07, 6.45) is 4.50. The number of fused-ring (bicyclic) bond motifs is 1. The van der Waals surface area contributed by atoms with Crippen LogP contribution in [-0.2, 0) is 6.42 Å². The van der Waals surface area contributed by atoms with E-state index in [1.807, 2.05) is 0 Å². The van der Waals surface area contributed by atoms with E-state index >= 15 is 0 Å². The van der Waals surface area contributed by atoms with Crippen molar-refractivity contribution in [3.8, 4) is 17.3 Å². The molecule has 2 aromatic carbocycles. The van der Waals surface area contributed by atoms with E-state index in [1.165, 1.54) is 30.7 Å². The van der Waals surface area contributed by atoms with Crippen LogP contribution in [0.3, 0.4) is 0 Å². The van der Waals surface area contributed by atoms with Crippen molar-refractivity contribution in [3.05, 3.63) is 89.8 Å². The fraction of sp³-hybridized carbons (Fsp3) is 0.0385. The number of anilines is 3. The number of pyridine rings is 1. The number of amides is 1. The number of nitriles is 1. The quantitative estimate of drug-likeness (QED) is 0.364. The second kappa shape index (κ2) is 9.52. The van der Waals surface area contributed by atoms with Gasteiger partial charge in [0.1, 0.15) is 40.7 Å². The van der Waals surface area contributed by atoms with Crippen molar-refractivity contribution < 1.29 is 9.18 Å². The molecule has 1 aliphatic heterocycles. The number of benzene rings is 2. The van der Waals surface area contributed by atoms with Crippen molar-refractivity contribution in [1.29, 1.82) is 10.7 Å². The van der Waals surface area contributed by atoms with Gasteiger partial charge in [-0.05, 0) is 48.0 Å². The van der Waals surface area contributed by atoms with Crippen LogP contribution in [0, 0.1) is 22.6 Å². The third kappa shape index (κ3) is 4.41. The molecule has 0 fully saturated rings. The highest BCUT2D eigenvalue weighted by Crippen LogP contribution is 2.37. The van der Waals surface area contributed by atoms with Gasteiger partial charge in [0.05, 0.1) is 24.4 Å². The lowest BCUT2D eigenvalue weighted by molar-refractivity contribution is 0.102. The zero-order valence-corrected chi connectivity index (χ0v) is 18.7. The SMILES string of the molecule is N#CCc1cccc(NC(=O)c2ccc(F)c(Nc3ncccc3-c3ncnc4c3N=CC4=N)c2)c1. The minimum Gasteiger partial charge on any atom is -0.337 e. The molecule has 0 saturated heterocycles. The Morgan fingerprint density at radius 1 is 1.06 bits per heavy atom. The topological polar surface area (TPSA) is 140 Å². The highest BCUT2D eigenvalue weighted by atomic mass is 19.1. The van der Waals surface area contributed by atoms with Gasteiger partial charge in [0.2, 0.25) is 0 Å². The van der Waals surface area contributed by atoms with Crippen molar-refractivity contribution in [2.75, 3.05) is 10.6 Å². The predicted octanol–water partition coefficient (Wildman–Crippen LogP) is 4.82. The molecule has 3 N–H and O–H groups in total. The Balaban J connectivity index is 1.44. The molecule has 174 valence electrons. The van der Waals surface area contributed by atoms with Gasteiger partial charge in [0, 0.05) is 23.0 Å². The molecule has 0 atom stereocenters. The van der Waals surface area contributed by atoms with Crippen LogP contribution in [-0.4, -0.2) is 32.8 Å². The smallest absolute Gasteiger partial charge is 0.255 e. The second-order valence-corrected chi connectivity index (χ2v) is 7.80. The molecule has 0 saturated carbocycles. The maximum absolute atomic E-state index is 14.8. The fourth-order valence-corrected chi connectivity index (χ4v) is 3.72. The Hall–Kier alpha value is -5.30. The number of aliphatic imine (C=N–C) groups is 1. The molecular weight excluding hydrogens is 459 g/mol. The molecule has 5 rings (SSSR count). The highest BCUT2D eigenvalue weighted by Gasteiger charge is 2.22. The van der Waals surface area contributed by atoms with E-state index in [-0.39, 0.29) is 23.4 Å². The summed E-state index contributed by atoms with van der Waals surface area (Å²) in [7, 11) is 0. The zero-order chi connectivity index (χ0) is 25.1. The number of halogens is 1. The van der Waals surface area contributed by atoms with Crippen molar-refractivity contribution in [1.82, 2.24) is 15.0 Å². The number of hydrogen-bond acceptors (Lipinski definition) is 8. The molecule has 4 aromatic rings. The molecule has 0 aliphatic carbocycles. The first-order valence-corrected chi connectivity index (χ1v) is 10.8. The summed E-state index contributed by atoms with van der Waals surface area (Å²) in [6.45, 7) is 0. The van der Waals surface area contributed by atoms with Crippen LogP contribution in [0.5, 0.6) is 0 Å². The molecule has 0 radical (unpaired) electrons. The molecular formula is C26H17FN8O. The average Bonchev–Trinajstić information content (AvgIpc) is 3.27. The summed E-state index contributed by atoms with van der Waals surface area (Å²) in [4.78, 5) is 29.9. The summed E-state index contributed by atoms with van der Waals surface area (Å²) in [6, 6.07) is 16.5. The highest BCUT2D eigenvalue weighted by molar-refractivity contribution is 6.41. The molecule has 36 heavy (non-hydrogen) atoms. The van der Waals surface area contributed by atoms with Gasteiger partial charge in [-0.2, -0.15) is 5.26 Å². The number of rotatable bonds is 6. The van der Waals surface area contributed by atoms with E-state index in [9.17, 15) is 9.18 Å². The number of nitrogens with zero attached hydrogens (tertiary/aromatic N) is 5. The molecule has 1 aliphatic rings. The van der Waals surface area contributed by atoms with E-state index in [2.05, 4.69) is 36.6 Å². The number of aromatic nitrogens is 3. The predicted molar refractivity (Wildman–Crippen MR) is 134 cm³/mol. The first-order chi connectivity index (χ1) is 17.5. The Morgan fingerprint density at radius 3 is 2.78 bits per heavy atom. The third-order valence-electron chi connectivity index (χ3n) is 5.41. The van der Waals surface area contributed by atoms with Gasteiger partial charge < -0.3 is 10.6 Å². The maximum Gasteiger partial charge on any atom is 0.255 e. The van der Waals surface area contributed by atoms with Crippen LogP contribution in [0.25, 0.3) is 11.3 Å². The molecule has 3 heterocycles. The summed E-state index contributed by atoms with van der Waals surface area (Å²) in [5.41, 5.74) is 3.56. The minimum absolute atomic E-state index is 0.0442. The van der Waals surface area contributed by atoms with E-state index in [0.717, 1.165) is 5.56 Å². The summed E-state index contributed by atoms with van der Waals surface area (Å²) in [5, 5.41) is 22.6. The number of nitrogens with one attached hydrogen (secondary N) is 3. The lowest BCUT2D eigenvalue weighted by Gasteiger charge is -2.13. The average molecular weight is 476 g/mol. The van der Waals surface area contributed by atoms with Crippen LogP contribution in [0.1, 0.15) is 21.6 Å². The minimum atomic E-state index is -0.577. The first kappa shape index (κ1) is 22.5. The van der Waals surface area contributed by atoms with Gasteiger partial charge in [-0.15, -0.1) is 0 Å². The van der Waals surface area contributed by atoms with Crippen LogP contribution >= 0.6 is 0 Å². The molecule has 0 unspecified atom stereocenters. The van der Waals surface area contributed by atoms with E-state index in [1.54, 1.807) is 42.6 Å². The molecule has 0 bridgehead atoms. The number of hydrogen-bond donors (Lipinski definition) is 3. The Labute approximate surface area is 204 Å². The monoisotopic (exact) mass is 476 g/mol. The van der Waals surface area contributed by atoms with Gasteiger partial charge >= 0.3 is 0 Å². The summed E-state index contributed by atoms with van der Waals surface area (Å²) >= 11 is 0. The standard InChI is InChI=1S/C26H17FN8O/c27-19-7-6-16(26(36)34-17-4-1-3-15(11-17)8-9-28)12-21(19)35-25-18(5-2-10-30-25)22-24-23(33-14-32-22)20(29)13-31-24/h1-7,10-14,29H,8H2,(H,30,35)(H,34,36). The van der Waals surface area contributed by atoms with Gasteiger partial charge in [-0.25, -0.2) is 24.3 Å². The van der Waals surface area contributed by atoms with Crippen molar-refractivity contribution >= 4 is 40.7 Å². The summed E-state index contributed by atoms with van der Waals surface area (Å²) in [5.74, 6) is -0.713. The normalized spacial score (nSPS) is 11.6. The lowest BCUT2D eigenvalue weighted by Crippen LogP contribution is -2.12. The molecule has 10 heteroatoms. The first-order valence-electron chi connectivity index (χ1n) is 10.8. The molecule has 2 aromatic heterocycles. The van der Waals surface area contributed by atoms with Crippen molar-refractivity contribution in [2.24, 2.45) is 4.99 Å². The Kier molecular flexibility index (Phi) is 5.95. The Morgan fingerprint density at radius 2 is 1.92 bits per heavy atom. The summed E-state index contributed by atoms with van der Waals surface area (Å²) < 4.78 is 14.8. The second-order valence-electron chi connectivity index (χ2n) is 7.80. The van der Waals surface area contributed by atoms with Crippen molar-refractivity contribution in [2.45, 2.75) is 6.42 Å². The third-order valence-corrected chi connectivity index (χ3v) is 5.41. The largest absolute Gasteiger partial charge is 0.337 e. The molecule has 1 amide bonds. The van der Waals surface area contributed by atoms with E-state index < -0.39 is 11.7 Å². The fourth-order valence-electron chi connectivity index (χ4n) is 3.72. The lowest BCUT2D eigenvalue weighted by atomic mass is 10.1. The van der Waals surface area contributed by atoms with Gasteiger partial charge in [-0.1, -0.05) is 12.1 Å². The molecule has 0 spiro atoms. The Bertz CT molecular complexity index is 1590. The van der Waals surface area contributed by atoms with Gasteiger partial charge in [0.25, 0.3) is 5.91 Å². The van der Waals surface area contributed by atoms with Crippen LogP contribution in [0.2, 0.25) is 0 Å². The van der Waals surface area contributed by atoms with Crippen LogP contribution in [0.15, 0.2) is 72.1 Å². The van der Waals surface area contributed by atoms with Gasteiger partial charge in [-0.3, -0.25) is 10.2 Å². The number of carbonyl (C=O) groups is 1. The van der Waals surface area contributed by atoms with Crippen molar-refractivity contribution in [3.63, 3.8) is 0 Å². The van der Waals surface area contributed by atoms with Crippen LogP contribution < -0.4 is 10.6 Å². The van der Waals surface area contributed by atoms with Crippen LogP contribution in [0.4, 0.5) is 27.3 Å². The van der Waals surface area contributed by atoms with Gasteiger partial charge in [0.15, 0.2) is 0 Å². The van der Waals surface area contributed by atoms with E-state index in [4.69, 9.17) is 10.7 Å². The zero-order valence-electron chi connectivity index (χ0n) is 18.7. The molecule has 9 nitrogen and oxygen atoms in total. The van der Waals surface area contributed by atoms with E-state index in [0.29, 0.717) is 34.1 Å².